The summed E-state index contributed by atoms with van der Waals surface area (Å²) in [5, 5.41) is 0.896. The second-order valence-corrected chi connectivity index (χ2v) is 5.83. The van der Waals surface area contributed by atoms with E-state index in [1.807, 2.05) is 12.1 Å². The minimum absolute atomic E-state index is 0.625. The van der Waals surface area contributed by atoms with Crippen molar-refractivity contribution in [3.8, 4) is 0 Å². The third kappa shape index (κ3) is 4.56. The molecule has 84 valence electrons. The highest BCUT2D eigenvalue weighted by atomic mass is 79.9. The maximum atomic E-state index is 6.09. The highest BCUT2D eigenvalue weighted by molar-refractivity contribution is 9.09. The van der Waals surface area contributed by atoms with Gasteiger partial charge in [0.05, 0.1) is 0 Å². The van der Waals surface area contributed by atoms with Gasteiger partial charge in [0.2, 0.25) is 0 Å². The molecule has 0 nitrogen and oxygen atoms in total. The van der Waals surface area contributed by atoms with E-state index < -0.39 is 0 Å². The molecule has 0 aromatic heterocycles. The van der Waals surface area contributed by atoms with Crippen LogP contribution in [0.25, 0.3) is 0 Å². The van der Waals surface area contributed by atoms with Crippen LogP contribution >= 0.6 is 27.5 Å². The van der Waals surface area contributed by atoms with Crippen LogP contribution in [-0.4, -0.2) is 4.83 Å². The summed E-state index contributed by atoms with van der Waals surface area (Å²) < 4.78 is 0. The number of hydrogen-bond acceptors (Lipinski definition) is 0. The van der Waals surface area contributed by atoms with Crippen LogP contribution in [0.1, 0.15) is 32.3 Å². The summed E-state index contributed by atoms with van der Waals surface area (Å²) in [5.74, 6) is 0.705. The van der Waals surface area contributed by atoms with E-state index in [1.165, 1.54) is 18.4 Å². The van der Waals surface area contributed by atoms with Gasteiger partial charge in [-0.05, 0) is 36.8 Å². The number of alkyl halides is 1. The van der Waals surface area contributed by atoms with Crippen molar-refractivity contribution in [1.29, 1.82) is 0 Å². The van der Waals surface area contributed by atoms with Crippen LogP contribution in [0.4, 0.5) is 0 Å². The molecule has 15 heavy (non-hydrogen) atoms. The van der Waals surface area contributed by atoms with Gasteiger partial charge in [-0.15, -0.1) is 0 Å². The summed E-state index contributed by atoms with van der Waals surface area (Å²) in [7, 11) is 0. The third-order valence-corrected chi connectivity index (χ3v) is 4.49. The predicted octanol–water partition coefficient (Wildman–Crippen LogP) is 5.08. The van der Waals surface area contributed by atoms with Gasteiger partial charge in [0.25, 0.3) is 0 Å². The normalized spacial score (nSPS) is 13.1. The first kappa shape index (κ1) is 13.1. The molecule has 0 radical (unpaired) electrons. The molecule has 1 atom stereocenters. The number of hydrogen-bond donors (Lipinski definition) is 0. The summed E-state index contributed by atoms with van der Waals surface area (Å²) in [6.45, 7) is 4.49. The van der Waals surface area contributed by atoms with E-state index in [1.54, 1.807) is 0 Å². The van der Waals surface area contributed by atoms with Crippen LogP contribution in [0.3, 0.4) is 0 Å². The lowest BCUT2D eigenvalue weighted by atomic mass is 10.0. The Morgan fingerprint density at radius 2 is 1.93 bits per heavy atom. The highest BCUT2D eigenvalue weighted by Gasteiger charge is 2.08. The van der Waals surface area contributed by atoms with Crippen molar-refractivity contribution in [2.75, 3.05) is 0 Å². The van der Waals surface area contributed by atoms with Gasteiger partial charge in [-0.1, -0.05) is 59.6 Å². The first-order valence-electron chi connectivity index (χ1n) is 5.48. The van der Waals surface area contributed by atoms with E-state index in [9.17, 15) is 0 Å². The zero-order chi connectivity index (χ0) is 11.3. The van der Waals surface area contributed by atoms with Crippen molar-refractivity contribution in [1.82, 2.24) is 0 Å². The molecule has 0 aliphatic rings. The summed E-state index contributed by atoms with van der Waals surface area (Å²) in [6, 6.07) is 8.11. The Kier molecular flexibility index (Phi) is 5.70. The Balaban J connectivity index is 2.35. The quantitative estimate of drug-likeness (QED) is 0.663. The lowest BCUT2D eigenvalue weighted by molar-refractivity contribution is 0.562. The molecule has 1 aromatic carbocycles. The summed E-state index contributed by atoms with van der Waals surface area (Å²) >= 11 is 9.79. The molecule has 0 spiro atoms. The molecule has 2 heteroatoms. The van der Waals surface area contributed by atoms with E-state index in [-0.39, 0.29) is 0 Å². The van der Waals surface area contributed by atoms with Crippen molar-refractivity contribution in [3.63, 3.8) is 0 Å². The van der Waals surface area contributed by atoms with Crippen LogP contribution in [-0.2, 0) is 6.42 Å². The first-order valence-corrected chi connectivity index (χ1v) is 6.78. The van der Waals surface area contributed by atoms with E-state index in [2.05, 4.69) is 41.9 Å². The summed E-state index contributed by atoms with van der Waals surface area (Å²) in [5.41, 5.74) is 1.27. The number of aryl methyl sites for hydroxylation is 1. The molecule has 0 aliphatic carbocycles. The van der Waals surface area contributed by atoms with Crippen LogP contribution < -0.4 is 0 Å². The minimum atomic E-state index is 0.625. The topological polar surface area (TPSA) is 0 Å². The lowest BCUT2D eigenvalue weighted by Gasteiger charge is -2.13. The molecule has 0 fully saturated rings. The molecule has 0 heterocycles. The fraction of sp³-hybridized carbons (Fsp3) is 0.538. The maximum absolute atomic E-state index is 6.09. The van der Waals surface area contributed by atoms with Gasteiger partial charge in [-0.3, -0.25) is 0 Å². The predicted molar refractivity (Wildman–Crippen MR) is 71.9 cm³/mol. The van der Waals surface area contributed by atoms with E-state index in [0.717, 1.165) is 11.4 Å². The Bertz CT molecular complexity index is 296. The van der Waals surface area contributed by atoms with Crippen molar-refractivity contribution < 1.29 is 0 Å². The van der Waals surface area contributed by atoms with Crippen LogP contribution in [0, 0.1) is 5.92 Å². The van der Waals surface area contributed by atoms with Gasteiger partial charge in [0.1, 0.15) is 0 Å². The van der Waals surface area contributed by atoms with Crippen LogP contribution in [0.5, 0.6) is 0 Å². The molecule has 0 bridgehead atoms. The standard InChI is InChI=1S/C13H18BrCl/c1-10(2)12(14)8-5-7-11-6-3-4-9-13(11)15/h3-4,6,9-10,12H,5,7-8H2,1-2H3. The zero-order valence-corrected chi connectivity index (χ0v) is 11.7. The average molecular weight is 290 g/mol. The Morgan fingerprint density at radius 3 is 2.53 bits per heavy atom. The van der Waals surface area contributed by atoms with Crippen molar-refractivity contribution in [3.05, 3.63) is 34.9 Å². The molecule has 0 saturated carbocycles. The molecule has 1 rings (SSSR count). The molecular formula is C13H18BrCl. The van der Waals surface area contributed by atoms with Gasteiger partial charge in [0, 0.05) is 9.85 Å². The maximum Gasteiger partial charge on any atom is 0.0437 e. The number of rotatable bonds is 5. The minimum Gasteiger partial charge on any atom is -0.0888 e. The van der Waals surface area contributed by atoms with Gasteiger partial charge in [-0.2, -0.15) is 0 Å². The number of halogens is 2. The van der Waals surface area contributed by atoms with Crippen LogP contribution in [0.2, 0.25) is 5.02 Å². The molecule has 1 aromatic rings. The second-order valence-electron chi connectivity index (χ2n) is 4.24. The zero-order valence-electron chi connectivity index (χ0n) is 9.34. The fourth-order valence-corrected chi connectivity index (χ4v) is 2.08. The van der Waals surface area contributed by atoms with E-state index in [0.29, 0.717) is 10.7 Å². The van der Waals surface area contributed by atoms with Crippen LogP contribution in [0.15, 0.2) is 24.3 Å². The van der Waals surface area contributed by atoms with E-state index in [4.69, 9.17) is 11.6 Å². The van der Waals surface area contributed by atoms with E-state index >= 15 is 0 Å². The summed E-state index contributed by atoms with van der Waals surface area (Å²) in [6.07, 6.45) is 3.48. The summed E-state index contributed by atoms with van der Waals surface area (Å²) in [4.78, 5) is 0.625. The smallest absolute Gasteiger partial charge is 0.0437 e. The largest absolute Gasteiger partial charge is 0.0888 e. The molecule has 0 aliphatic heterocycles. The Morgan fingerprint density at radius 1 is 1.27 bits per heavy atom. The monoisotopic (exact) mass is 288 g/mol. The van der Waals surface area contributed by atoms with Gasteiger partial charge < -0.3 is 0 Å². The molecule has 0 N–H and O–H groups in total. The molecule has 0 saturated heterocycles. The SMILES string of the molecule is CC(C)C(Br)CCCc1ccccc1Cl. The number of benzene rings is 1. The second kappa shape index (κ2) is 6.55. The third-order valence-electron chi connectivity index (χ3n) is 2.61. The molecule has 0 amide bonds. The Labute approximate surface area is 106 Å². The fourth-order valence-electron chi connectivity index (χ4n) is 1.52. The molecule has 1 unspecified atom stereocenters. The Hall–Kier alpha value is -0.0100. The van der Waals surface area contributed by atoms with Gasteiger partial charge in [0.15, 0.2) is 0 Å². The highest BCUT2D eigenvalue weighted by Crippen LogP contribution is 2.21. The first-order chi connectivity index (χ1) is 7.11. The average Bonchev–Trinajstić information content (AvgIpc) is 2.20. The van der Waals surface area contributed by atoms with Gasteiger partial charge in [-0.25, -0.2) is 0 Å². The van der Waals surface area contributed by atoms with Gasteiger partial charge >= 0.3 is 0 Å². The van der Waals surface area contributed by atoms with Crippen molar-refractivity contribution in [2.45, 2.75) is 37.9 Å². The van der Waals surface area contributed by atoms with Crippen molar-refractivity contribution >= 4 is 27.5 Å². The molecular weight excluding hydrogens is 272 g/mol. The van der Waals surface area contributed by atoms with Crippen molar-refractivity contribution in [2.24, 2.45) is 5.92 Å². The lowest BCUT2D eigenvalue weighted by Crippen LogP contribution is -2.07.